The van der Waals surface area contributed by atoms with Crippen molar-refractivity contribution in [3.05, 3.63) is 101 Å². The summed E-state index contributed by atoms with van der Waals surface area (Å²) in [5, 5.41) is 0. The molecule has 0 amide bonds. The van der Waals surface area contributed by atoms with Crippen LogP contribution in [-0.4, -0.2) is 36.2 Å². The first kappa shape index (κ1) is 24.5. The predicted octanol–water partition coefficient (Wildman–Crippen LogP) is 6.76. The fourth-order valence-electron chi connectivity index (χ4n) is 4.92. The van der Waals surface area contributed by atoms with E-state index in [0.29, 0.717) is 24.2 Å². The summed E-state index contributed by atoms with van der Waals surface area (Å²) in [6, 6.07) is 24.4. The van der Waals surface area contributed by atoms with E-state index >= 15 is 0 Å². The number of likely N-dealkylation sites (tertiary alicyclic amines) is 1. The lowest BCUT2D eigenvalue weighted by Gasteiger charge is -2.44. The topological polar surface area (TPSA) is 38.8 Å². The summed E-state index contributed by atoms with van der Waals surface area (Å²) in [6.07, 6.45) is 2.06. The van der Waals surface area contributed by atoms with Crippen molar-refractivity contribution in [2.24, 2.45) is 5.92 Å². The fourth-order valence-corrected chi connectivity index (χ4v) is 4.92. The van der Waals surface area contributed by atoms with Gasteiger partial charge in [0.2, 0.25) is 0 Å². The first-order chi connectivity index (χ1) is 17.3. The number of rotatable bonds is 8. The first-order valence-corrected chi connectivity index (χ1v) is 12.8. The molecule has 1 heterocycles. The van der Waals surface area contributed by atoms with Crippen LogP contribution >= 0.6 is 0 Å². The molecule has 0 radical (unpaired) electrons. The molecule has 1 aliphatic carbocycles. The molecular weight excluding hydrogens is 453 g/mol. The molecule has 3 aromatic carbocycles. The van der Waals surface area contributed by atoms with E-state index in [-0.39, 0.29) is 11.6 Å². The van der Waals surface area contributed by atoms with E-state index < -0.39 is 17.4 Å². The standard InChI is InChI=1S/C31H34FNO3/c1-31(2,3)36-30(34)26-16-25(22-14-15-22)28(17-27(26)32)35-20-21-18-33(19-21)29(23-10-6-4-7-11-23)24-12-8-5-9-13-24/h4-13,16-17,21-22,29H,14-15,18-20H2,1-3H3. The van der Waals surface area contributed by atoms with Crippen LogP contribution in [0.15, 0.2) is 72.8 Å². The van der Waals surface area contributed by atoms with Crippen molar-refractivity contribution in [1.82, 2.24) is 4.90 Å². The van der Waals surface area contributed by atoms with Gasteiger partial charge >= 0.3 is 5.97 Å². The van der Waals surface area contributed by atoms with Crippen LogP contribution in [-0.2, 0) is 4.74 Å². The molecule has 36 heavy (non-hydrogen) atoms. The molecule has 0 spiro atoms. The first-order valence-electron chi connectivity index (χ1n) is 12.8. The Morgan fingerprint density at radius 1 is 0.972 bits per heavy atom. The highest BCUT2D eigenvalue weighted by atomic mass is 19.1. The average molecular weight is 488 g/mol. The van der Waals surface area contributed by atoms with Crippen molar-refractivity contribution in [3.63, 3.8) is 0 Å². The minimum atomic E-state index is -0.675. The number of halogens is 1. The molecule has 2 fully saturated rings. The van der Waals surface area contributed by atoms with E-state index in [2.05, 4.69) is 53.4 Å². The Balaban J connectivity index is 1.26. The molecule has 0 aromatic heterocycles. The Hall–Kier alpha value is -3.18. The lowest BCUT2D eigenvalue weighted by molar-refractivity contribution is 0.00643. The molecule has 0 unspecified atom stereocenters. The molecule has 3 aromatic rings. The number of carbonyl (C=O) groups excluding carboxylic acids is 1. The molecular formula is C31H34FNO3. The van der Waals surface area contributed by atoms with Gasteiger partial charge in [0, 0.05) is 25.1 Å². The molecule has 0 N–H and O–H groups in total. The Morgan fingerprint density at radius 3 is 2.08 bits per heavy atom. The second-order valence-corrected chi connectivity index (χ2v) is 11.0. The minimum Gasteiger partial charge on any atom is -0.493 e. The third-order valence-electron chi connectivity index (χ3n) is 6.79. The van der Waals surface area contributed by atoms with Crippen molar-refractivity contribution in [2.45, 2.75) is 51.2 Å². The normalized spacial score (nSPS) is 16.6. The van der Waals surface area contributed by atoms with Crippen LogP contribution in [0.2, 0.25) is 0 Å². The lowest BCUT2D eigenvalue weighted by atomic mass is 9.90. The SMILES string of the molecule is CC(C)(C)OC(=O)c1cc(C2CC2)c(OCC2CN(C(c3ccccc3)c3ccccc3)C2)cc1F. The average Bonchev–Trinajstić information content (AvgIpc) is 3.66. The lowest BCUT2D eigenvalue weighted by Crippen LogP contribution is -2.51. The van der Waals surface area contributed by atoms with Gasteiger partial charge in [-0.2, -0.15) is 0 Å². The number of esters is 1. The number of hydrogen-bond acceptors (Lipinski definition) is 4. The van der Waals surface area contributed by atoms with Crippen LogP contribution in [0.5, 0.6) is 5.75 Å². The largest absolute Gasteiger partial charge is 0.493 e. The Labute approximate surface area is 213 Å². The smallest absolute Gasteiger partial charge is 0.341 e. The van der Waals surface area contributed by atoms with Gasteiger partial charge in [-0.3, -0.25) is 4.90 Å². The Morgan fingerprint density at radius 2 is 1.56 bits per heavy atom. The molecule has 188 valence electrons. The molecule has 0 bridgehead atoms. The van der Waals surface area contributed by atoms with Crippen LogP contribution in [0, 0.1) is 11.7 Å². The van der Waals surface area contributed by atoms with E-state index in [1.165, 1.54) is 17.2 Å². The summed E-state index contributed by atoms with van der Waals surface area (Å²) < 4.78 is 26.5. The van der Waals surface area contributed by atoms with E-state index in [0.717, 1.165) is 31.5 Å². The van der Waals surface area contributed by atoms with Crippen LogP contribution in [0.4, 0.5) is 4.39 Å². The number of carbonyl (C=O) groups is 1. The molecule has 5 heteroatoms. The highest BCUT2D eigenvalue weighted by Gasteiger charge is 2.35. The third kappa shape index (κ3) is 5.62. The predicted molar refractivity (Wildman–Crippen MR) is 139 cm³/mol. The van der Waals surface area contributed by atoms with E-state index in [1.54, 1.807) is 26.8 Å². The van der Waals surface area contributed by atoms with Gasteiger partial charge in [-0.15, -0.1) is 0 Å². The van der Waals surface area contributed by atoms with Crippen molar-refractivity contribution in [1.29, 1.82) is 0 Å². The summed E-state index contributed by atoms with van der Waals surface area (Å²) in [5.41, 5.74) is 2.78. The van der Waals surface area contributed by atoms with Crippen molar-refractivity contribution >= 4 is 5.97 Å². The zero-order valence-electron chi connectivity index (χ0n) is 21.2. The van der Waals surface area contributed by atoms with Crippen LogP contribution in [0.1, 0.15) is 72.6 Å². The van der Waals surface area contributed by atoms with Gasteiger partial charge in [0.25, 0.3) is 0 Å². The van der Waals surface area contributed by atoms with E-state index in [4.69, 9.17) is 9.47 Å². The number of benzene rings is 3. The highest BCUT2D eigenvalue weighted by molar-refractivity contribution is 5.90. The van der Waals surface area contributed by atoms with Crippen molar-refractivity contribution < 1.29 is 18.7 Å². The van der Waals surface area contributed by atoms with Gasteiger partial charge in [-0.25, -0.2) is 9.18 Å². The van der Waals surface area contributed by atoms with Gasteiger partial charge in [0.05, 0.1) is 18.2 Å². The maximum atomic E-state index is 14.9. The maximum Gasteiger partial charge on any atom is 0.341 e. The molecule has 1 saturated heterocycles. The minimum absolute atomic E-state index is 0.0115. The van der Waals surface area contributed by atoms with Crippen LogP contribution in [0.25, 0.3) is 0 Å². The van der Waals surface area contributed by atoms with Gasteiger partial charge in [0.1, 0.15) is 17.2 Å². The second kappa shape index (κ2) is 10.1. The van der Waals surface area contributed by atoms with Gasteiger partial charge < -0.3 is 9.47 Å². The molecule has 1 aliphatic heterocycles. The third-order valence-corrected chi connectivity index (χ3v) is 6.79. The van der Waals surface area contributed by atoms with Gasteiger partial charge in [-0.1, -0.05) is 60.7 Å². The quantitative estimate of drug-likeness (QED) is 0.329. The molecule has 4 nitrogen and oxygen atoms in total. The molecule has 1 saturated carbocycles. The molecule has 5 rings (SSSR count). The fraction of sp³-hybridized carbons (Fsp3) is 0.387. The number of ether oxygens (including phenoxy) is 2. The number of hydrogen-bond donors (Lipinski definition) is 0. The van der Waals surface area contributed by atoms with E-state index in [9.17, 15) is 9.18 Å². The second-order valence-electron chi connectivity index (χ2n) is 11.0. The Bertz CT molecular complexity index is 1160. The summed E-state index contributed by atoms with van der Waals surface area (Å²) in [5.74, 6) is 0.0206. The van der Waals surface area contributed by atoms with Crippen LogP contribution < -0.4 is 4.74 Å². The molecule has 2 aliphatic rings. The Kier molecular flexibility index (Phi) is 6.85. The summed E-state index contributed by atoms with van der Waals surface area (Å²) >= 11 is 0. The van der Waals surface area contributed by atoms with Gasteiger partial charge in [-0.05, 0) is 62.3 Å². The van der Waals surface area contributed by atoms with E-state index in [1.807, 2.05) is 12.1 Å². The van der Waals surface area contributed by atoms with Crippen LogP contribution in [0.3, 0.4) is 0 Å². The monoisotopic (exact) mass is 487 g/mol. The zero-order chi connectivity index (χ0) is 25.3. The summed E-state index contributed by atoms with van der Waals surface area (Å²) in [6.45, 7) is 7.69. The highest BCUT2D eigenvalue weighted by Crippen LogP contribution is 2.45. The summed E-state index contributed by atoms with van der Waals surface area (Å²) in [4.78, 5) is 15.0. The zero-order valence-corrected chi connectivity index (χ0v) is 21.2. The van der Waals surface area contributed by atoms with Gasteiger partial charge in [0.15, 0.2) is 0 Å². The maximum absolute atomic E-state index is 14.9. The summed E-state index contributed by atoms with van der Waals surface area (Å²) in [7, 11) is 0. The number of nitrogens with zero attached hydrogens (tertiary/aromatic N) is 1. The van der Waals surface area contributed by atoms with Crippen molar-refractivity contribution in [3.8, 4) is 5.75 Å². The van der Waals surface area contributed by atoms with Crippen molar-refractivity contribution in [2.75, 3.05) is 19.7 Å². The molecule has 0 atom stereocenters.